The summed E-state index contributed by atoms with van der Waals surface area (Å²) >= 11 is 0. The fraction of sp³-hybridized carbons (Fsp3) is 0.320. The Kier molecular flexibility index (Phi) is 9.04. The average Bonchev–Trinajstić information content (AvgIpc) is 2.84. The van der Waals surface area contributed by atoms with Crippen LogP contribution in [0.1, 0.15) is 17.5 Å². The molecule has 4 N–H and O–H groups in total. The number of hydrogen-bond acceptors (Lipinski definition) is 6. The van der Waals surface area contributed by atoms with Gasteiger partial charge in [0.2, 0.25) is 5.91 Å². The van der Waals surface area contributed by atoms with E-state index in [-0.39, 0.29) is 43.7 Å². The van der Waals surface area contributed by atoms with Crippen LogP contribution >= 0.6 is 0 Å². The first-order chi connectivity index (χ1) is 16.5. The molecule has 0 aliphatic carbocycles. The van der Waals surface area contributed by atoms with Gasteiger partial charge >= 0.3 is 5.69 Å². The molecule has 0 aliphatic rings. The maximum absolute atomic E-state index is 12.7. The maximum Gasteiger partial charge on any atom is 0.330 e. The molecular formula is C25H31N5O4. The van der Waals surface area contributed by atoms with Gasteiger partial charge < -0.3 is 20.7 Å². The van der Waals surface area contributed by atoms with Crippen molar-refractivity contribution in [3.05, 3.63) is 92.6 Å². The lowest BCUT2D eigenvalue weighted by molar-refractivity contribution is -0.119. The van der Waals surface area contributed by atoms with Crippen LogP contribution in [-0.4, -0.2) is 48.8 Å². The topological polar surface area (TPSA) is 122 Å². The van der Waals surface area contributed by atoms with Crippen molar-refractivity contribution in [3.63, 3.8) is 0 Å². The van der Waals surface area contributed by atoms with Crippen LogP contribution in [0.5, 0.6) is 0 Å². The minimum absolute atomic E-state index is 0.00517. The Morgan fingerprint density at radius 3 is 2.35 bits per heavy atom. The number of carbonyl (C=O) groups excluding carboxylic acids is 1. The number of ether oxygens (including phenoxy) is 1. The van der Waals surface area contributed by atoms with Crippen molar-refractivity contribution in [2.45, 2.75) is 19.4 Å². The number of methoxy groups -OCH3 is 1. The highest BCUT2D eigenvalue weighted by Gasteiger charge is 2.21. The second-order valence-electron chi connectivity index (χ2n) is 7.92. The van der Waals surface area contributed by atoms with E-state index < -0.39 is 11.2 Å². The Morgan fingerprint density at radius 1 is 1.06 bits per heavy atom. The fourth-order valence-electron chi connectivity index (χ4n) is 3.67. The number of carbonyl (C=O) groups is 1. The summed E-state index contributed by atoms with van der Waals surface area (Å²) in [7, 11) is 1.53. The number of rotatable bonds is 12. The van der Waals surface area contributed by atoms with Crippen LogP contribution in [0.25, 0.3) is 0 Å². The number of hydrogen-bond donors (Lipinski definition) is 3. The first-order valence-corrected chi connectivity index (χ1v) is 11.2. The van der Waals surface area contributed by atoms with Crippen molar-refractivity contribution in [1.29, 1.82) is 0 Å². The van der Waals surface area contributed by atoms with E-state index in [9.17, 15) is 14.4 Å². The van der Waals surface area contributed by atoms with Gasteiger partial charge in [-0.1, -0.05) is 60.7 Å². The summed E-state index contributed by atoms with van der Waals surface area (Å²) in [4.78, 5) is 41.7. The van der Waals surface area contributed by atoms with Gasteiger partial charge in [-0.2, -0.15) is 0 Å². The summed E-state index contributed by atoms with van der Waals surface area (Å²) in [6.07, 6.45) is 1.64. The maximum atomic E-state index is 12.7. The average molecular weight is 466 g/mol. The lowest BCUT2D eigenvalue weighted by atomic mass is 10.1. The van der Waals surface area contributed by atoms with Crippen molar-refractivity contribution >= 4 is 17.4 Å². The van der Waals surface area contributed by atoms with E-state index in [1.807, 2.05) is 60.7 Å². The molecule has 3 aromatic rings. The molecule has 1 amide bonds. The van der Waals surface area contributed by atoms with Gasteiger partial charge in [-0.15, -0.1) is 0 Å². The molecule has 1 aromatic heterocycles. The Balaban J connectivity index is 1.73. The van der Waals surface area contributed by atoms with Crippen LogP contribution in [0.2, 0.25) is 0 Å². The molecule has 0 saturated heterocycles. The zero-order chi connectivity index (χ0) is 24.3. The van der Waals surface area contributed by atoms with E-state index in [0.717, 1.165) is 18.4 Å². The van der Waals surface area contributed by atoms with Crippen molar-refractivity contribution in [2.75, 3.05) is 44.0 Å². The molecule has 0 bridgehead atoms. The van der Waals surface area contributed by atoms with E-state index in [4.69, 9.17) is 10.5 Å². The van der Waals surface area contributed by atoms with Crippen LogP contribution in [0, 0.1) is 0 Å². The van der Waals surface area contributed by atoms with Crippen LogP contribution in [-0.2, 0) is 22.5 Å². The number of amides is 1. The molecule has 0 aliphatic heterocycles. The van der Waals surface area contributed by atoms with Gasteiger partial charge in [0.25, 0.3) is 5.56 Å². The normalized spacial score (nSPS) is 10.7. The zero-order valence-electron chi connectivity index (χ0n) is 19.3. The summed E-state index contributed by atoms with van der Waals surface area (Å²) in [5.41, 5.74) is 7.19. The lowest BCUT2D eigenvalue weighted by Crippen LogP contribution is -2.44. The molecule has 34 heavy (non-hydrogen) atoms. The van der Waals surface area contributed by atoms with E-state index in [1.54, 1.807) is 4.90 Å². The molecule has 0 fully saturated rings. The number of aromatic amines is 1. The van der Waals surface area contributed by atoms with Crippen molar-refractivity contribution in [3.8, 4) is 0 Å². The largest absolute Gasteiger partial charge is 0.383 e. The van der Waals surface area contributed by atoms with Gasteiger partial charge in [0.05, 0.1) is 19.7 Å². The Labute approximate surface area is 198 Å². The molecule has 0 atom stereocenters. The second kappa shape index (κ2) is 12.4. The Morgan fingerprint density at radius 2 is 1.71 bits per heavy atom. The number of aryl methyl sites for hydroxylation is 1. The molecule has 2 aromatic carbocycles. The molecule has 1 heterocycles. The van der Waals surface area contributed by atoms with E-state index in [2.05, 4.69) is 10.3 Å². The monoisotopic (exact) mass is 465 g/mol. The van der Waals surface area contributed by atoms with E-state index >= 15 is 0 Å². The minimum Gasteiger partial charge on any atom is -0.383 e. The molecule has 0 radical (unpaired) electrons. The zero-order valence-corrected chi connectivity index (χ0v) is 19.3. The van der Waals surface area contributed by atoms with E-state index in [0.29, 0.717) is 6.54 Å². The fourth-order valence-corrected chi connectivity index (χ4v) is 3.67. The summed E-state index contributed by atoms with van der Waals surface area (Å²) in [5.74, 6) is -0.241. The first kappa shape index (κ1) is 24.8. The summed E-state index contributed by atoms with van der Waals surface area (Å²) in [5, 5.41) is 2.89. The predicted molar refractivity (Wildman–Crippen MR) is 133 cm³/mol. The molecule has 9 heteroatoms. The summed E-state index contributed by atoms with van der Waals surface area (Å²) in [6.45, 7) is 1.14. The van der Waals surface area contributed by atoms with Crippen LogP contribution < -0.4 is 27.2 Å². The van der Waals surface area contributed by atoms with Gasteiger partial charge in [-0.25, -0.2) is 4.79 Å². The van der Waals surface area contributed by atoms with Crippen molar-refractivity contribution < 1.29 is 9.53 Å². The number of aromatic nitrogens is 2. The smallest absolute Gasteiger partial charge is 0.330 e. The number of nitrogens with two attached hydrogens (primary N) is 1. The highest BCUT2D eigenvalue weighted by atomic mass is 16.5. The Hall–Kier alpha value is -3.85. The number of nitrogens with one attached hydrogen (secondary N) is 2. The number of nitrogen functional groups attached to an aromatic ring is 1. The molecular weight excluding hydrogens is 434 g/mol. The SMILES string of the molecule is COCCN(CC(=O)NCCCc1ccccc1)c1c(N)n(Cc2ccccc2)c(=O)[nH]c1=O. The Bertz CT molecular complexity index is 1180. The third kappa shape index (κ3) is 6.82. The number of nitrogens with zero attached hydrogens (tertiary/aromatic N) is 2. The minimum atomic E-state index is -0.639. The molecule has 180 valence electrons. The van der Waals surface area contributed by atoms with Gasteiger partial charge in [-0.05, 0) is 24.0 Å². The van der Waals surface area contributed by atoms with Crippen molar-refractivity contribution in [2.24, 2.45) is 0 Å². The van der Waals surface area contributed by atoms with Gasteiger partial charge in [0.15, 0.2) is 0 Å². The highest BCUT2D eigenvalue weighted by Crippen LogP contribution is 2.17. The summed E-state index contributed by atoms with van der Waals surface area (Å²) < 4.78 is 6.45. The second-order valence-corrected chi connectivity index (χ2v) is 7.92. The molecule has 0 spiro atoms. The van der Waals surface area contributed by atoms with E-state index in [1.165, 1.54) is 17.2 Å². The van der Waals surface area contributed by atoms with Crippen LogP contribution in [0.3, 0.4) is 0 Å². The standard InChI is InChI=1S/C25H31N5O4/c1-34-16-15-29(18-21(31)27-14-8-13-19-9-4-2-5-10-19)22-23(26)30(25(33)28-24(22)32)17-20-11-6-3-7-12-20/h2-7,9-12H,8,13-18,26H2,1H3,(H,27,31)(H,28,32,33). The molecule has 9 nitrogen and oxygen atoms in total. The third-order valence-electron chi connectivity index (χ3n) is 5.42. The molecule has 3 rings (SSSR count). The lowest BCUT2D eigenvalue weighted by Gasteiger charge is -2.25. The van der Waals surface area contributed by atoms with Gasteiger partial charge in [-0.3, -0.25) is 19.1 Å². The highest BCUT2D eigenvalue weighted by molar-refractivity contribution is 5.82. The molecule has 0 saturated carbocycles. The first-order valence-electron chi connectivity index (χ1n) is 11.2. The van der Waals surface area contributed by atoms with Gasteiger partial charge in [0, 0.05) is 20.2 Å². The summed E-state index contributed by atoms with van der Waals surface area (Å²) in [6, 6.07) is 19.4. The molecule has 0 unspecified atom stereocenters. The number of anilines is 2. The van der Waals surface area contributed by atoms with Crippen LogP contribution in [0.15, 0.2) is 70.3 Å². The third-order valence-corrected chi connectivity index (χ3v) is 5.42. The number of H-pyrrole nitrogens is 1. The van der Waals surface area contributed by atoms with Gasteiger partial charge in [0.1, 0.15) is 11.5 Å². The van der Waals surface area contributed by atoms with Crippen molar-refractivity contribution in [1.82, 2.24) is 14.9 Å². The number of benzene rings is 2. The van der Waals surface area contributed by atoms with Crippen LogP contribution in [0.4, 0.5) is 11.5 Å². The quantitative estimate of drug-likeness (QED) is 0.347. The predicted octanol–water partition coefficient (Wildman–Crippen LogP) is 1.37.